The molecule has 0 fully saturated rings. The molecule has 0 amide bonds. The van der Waals surface area contributed by atoms with E-state index in [0.29, 0.717) is 5.57 Å². The first-order valence-corrected chi connectivity index (χ1v) is 8.10. The molecule has 0 heterocycles. The van der Waals surface area contributed by atoms with Gasteiger partial charge >= 0.3 is 0 Å². The molecule has 4 rings (SSSR count). The SMILES string of the molecule is CCc1ccc2cc3ccccc3cc2c1C1=CC(=O)C=CC1=O. The predicted octanol–water partition coefficient (Wildman–Crippen LogP) is 4.65. The van der Waals surface area contributed by atoms with E-state index in [0.717, 1.165) is 33.7 Å². The van der Waals surface area contributed by atoms with Gasteiger partial charge in [-0.1, -0.05) is 43.3 Å². The summed E-state index contributed by atoms with van der Waals surface area (Å²) < 4.78 is 0. The normalized spacial score (nSPS) is 14.5. The molecular formula is C22H16O2. The molecule has 0 aromatic heterocycles. The second-order valence-electron chi connectivity index (χ2n) is 6.03. The minimum Gasteiger partial charge on any atom is -0.290 e. The lowest BCUT2D eigenvalue weighted by atomic mass is 9.87. The van der Waals surface area contributed by atoms with Crippen molar-refractivity contribution in [3.8, 4) is 0 Å². The zero-order valence-electron chi connectivity index (χ0n) is 13.4. The Labute approximate surface area is 140 Å². The second-order valence-corrected chi connectivity index (χ2v) is 6.03. The fourth-order valence-electron chi connectivity index (χ4n) is 3.38. The Kier molecular flexibility index (Phi) is 3.39. The van der Waals surface area contributed by atoms with Crippen molar-refractivity contribution >= 4 is 38.7 Å². The zero-order valence-corrected chi connectivity index (χ0v) is 13.4. The molecule has 3 aromatic carbocycles. The van der Waals surface area contributed by atoms with Crippen LogP contribution in [-0.2, 0) is 16.0 Å². The molecule has 3 aromatic rings. The highest BCUT2D eigenvalue weighted by atomic mass is 16.1. The first-order chi connectivity index (χ1) is 11.7. The number of ketones is 2. The maximum atomic E-state index is 12.4. The van der Waals surface area contributed by atoms with Crippen LogP contribution in [0.4, 0.5) is 0 Å². The number of rotatable bonds is 2. The summed E-state index contributed by atoms with van der Waals surface area (Å²) in [6.45, 7) is 2.07. The first-order valence-electron chi connectivity index (χ1n) is 8.10. The highest BCUT2D eigenvalue weighted by Gasteiger charge is 2.20. The third kappa shape index (κ3) is 2.28. The Bertz CT molecular complexity index is 1070. The molecule has 0 atom stereocenters. The Morgan fingerprint density at radius 3 is 2.33 bits per heavy atom. The largest absolute Gasteiger partial charge is 0.290 e. The number of hydrogen-bond donors (Lipinski definition) is 0. The van der Waals surface area contributed by atoms with Gasteiger partial charge in [-0.05, 0) is 69.5 Å². The van der Waals surface area contributed by atoms with Gasteiger partial charge in [-0.3, -0.25) is 9.59 Å². The maximum Gasteiger partial charge on any atom is 0.186 e. The van der Waals surface area contributed by atoms with Gasteiger partial charge in [0.05, 0.1) is 0 Å². The molecule has 116 valence electrons. The number of aryl methyl sites for hydroxylation is 1. The molecule has 0 aliphatic heterocycles. The molecule has 0 saturated heterocycles. The van der Waals surface area contributed by atoms with Gasteiger partial charge in [0.2, 0.25) is 0 Å². The smallest absolute Gasteiger partial charge is 0.186 e. The molecule has 24 heavy (non-hydrogen) atoms. The summed E-state index contributed by atoms with van der Waals surface area (Å²) in [6.07, 6.45) is 4.97. The van der Waals surface area contributed by atoms with Gasteiger partial charge in [-0.25, -0.2) is 0 Å². The Balaban J connectivity index is 2.10. The van der Waals surface area contributed by atoms with E-state index in [1.807, 2.05) is 12.1 Å². The standard InChI is InChI=1S/C22H16O2/c1-2-14-7-8-17-11-15-5-3-4-6-16(15)12-19(17)22(14)20-13-18(23)9-10-21(20)24/h3-13H,2H2,1H3. The van der Waals surface area contributed by atoms with Crippen molar-refractivity contribution in [2.75, 3.05) is 0 Å². The molecular weight excluding hydrogens is 296 g/mol. The fourth-order valence-corrected chi connectivity index (χ4v) is 3.38. The van der Waals surface area contributed by atoms with Crippen molar-refractivity contribution in [1.29, 1.82) is 0 Å². The summed E-state index contributed by atoms with van der Waals surface area (Å²) in [5.74, 6) is -0.241. The van der Waals surface area contributed by atoms with Crippen molar-refractivity contribution in [1.82, 2.24) is 0 Å². The van der Waals surface area contributed by atoms with Crippen LogP contribution in [0.5, 0.6) is 0 Å². The van der Waals surface area contributed by atoms with E-state index < -0.39 is 0 Å². The van der Waals surface area contributed by atoms with Crippen molar-refractivity contribution < 1.29 is 9.59 Å². The van der Waals surface area contributed by atoms with E-state index in [9.17, 15) is 9.59 Å². The average molecular weight is 312 g/mol. The quantitative estimate of drug-likeness (QED) is 0.510. The molecule has 2 nitrogen and oxygen atoms in total. The van der Waals surface area contributed by atoms with Crippen LogP contribution >= 0.6 is 0 Å². The first kappa shape index (κ1) is 14.6. The summed E-state index contributed by atoms with van der Waals surface area (Å²) in [4.78, 5) is 24.2. The molecule has 0 N–H and O–H groups in total. The van der Waals surface area contributed by atoms with Crippen LogP contribution in [0.2, 0.25) is 0 Å². The summed E-state index contributed by atoms with van der Waals surface area (Å²) in [5.41, 5.74) is 2.48. The van der Waals surface area contributed by atoms with Crippen LogP contribution in [0.25, 0.3) is 27.1 Å². The average Bonchev–Trinajstić information content (AvgIpc) is 2.61. The van der Waals surface area contributed by atoms with E-state index in [1.165, 1.54) is 23.6 Å². The Hall–Kier alpha value is -3.00. The van der Waals surface area contributed by atoms with Gasteiger partial charge in [0.15, 0.2) is 11.6 Å². The van der Waals surface area contributed by atoms with Crippen LogP contribution in [-0.4, -0.2) is 11.6 Å². The van der Waals surface area contributed by atoms with Gasteiger partial charge in [0, 0.05) is 5.57 Å². The Morgan fingerprint density at radius 2 is 1.58 bits per heavy atom. The van der Waals surface area contributed by atoms with E-state index in [1.54, 1.807) is 0 Å². The molecule has 0 bridgehead atoms. The van der Waals surface area contributed by atoms with E-state index in [4.69, 9.17) is 0 Å². The number of fused-ring (bicyclic) bond motifs is 2. The Morgan fingerprint density at radius 1 is 0.833 bits per heavy atom. The maximum absolute atomic E-state index is 12.4. The van der Waals surface area contributed by atoms with Crippen molar-refractivity contribution in [3.05, 3.63) is 77.9 Å². The summed E-state index contributed by atoms with van der Waals surface area (Å²) in [7, 11) is 0. The lowest BCUT2D eigenvalue weighted by Crippen LogP contribution is -2.09. The van der Waals surface area contributed by atoms with E-state index in [-0.39, 0.29) is 11.6 Å². The number of hydrogen-bond acceptors (Lipinski definition) is 2. The van der Waals surface area contributed by atoms with Crippen molar-refractivity contribution in [2.24, 2.45) is 0 Å². The van der Waals surface area contributed by atoms with Crippen molar-refractivity contribution in [3.63, 3.8) is 0 Å². The lowest BCUT2D eigenvalue weighted by molar-refractivity contribution is -0.113. The van der Waals surface area contributed by atoms with Crippen LogP contribution in [0.3, 0.4) is 0 Å². The summed E-state index contributed by atoms with van der Waals surface area (Å²) >= 11 is 0. The third-order valence-electron chi connectivity index (χ3n) is 4.57. The number of allylic oxidation sites excluding steroid dienone is 4. The number of carbonyl (C=O) groups is 2. The third-order valence-corrected chi connectivity index (χ3v) is 4.57. The van der Waals surface area contributed by atoms with Gasteiger partial charge in [-0.2, -0.15) is 0 Å². The van der Waals surface area contributed by atoms with E-state index >= 15 is 0 Å². The van der Waals surface area contributed by atoms with Gasteiger partial charge in [0.25, 0.3) is 0 Å². The van der Waals surface area contributed by atoms with Crippen LogP contribution < -0.4 is 0 Å². The second kappa shape index (κ2) is 5.57. The molecule has 0 spiro atoms. The monoisotopic (exact) mass is 312 g/mol. The van der Waals surface area contributed by atoms with Gasteiger partial charge in [0.1, 0.15) is 0 Å². The topological polar surface area (TPSA) is 34.1 Å². The van der Waals surface area contributed by atoms with E-state index in [2.05, 4.69) is 43.3 Å². The molecule has 1 aliphatic carbocycles. The molecule has 2 heteroatoms. The molecule has 1 aliphatic rings. The van der Waals surface area contributed by atoms with Crippen molar-refractivity contribution in [2.45, 2.75) is 13.3 Å². The lowest BCUT2D eigenvalue weighted by Gasteiger charge is -2.16. The van der Waals surface area contributed by atoms with Crippen LogP contribution in [0.15, 0.2) is 66.8 Å². The highest BCUT2D eigenvalue weighted by molar-refractivity contribution is 6.36. The summed E-state index contributed by atoms with van der Waals surface area (Å²) in [5, 5.41) is 4.40. The summed E-state index contributed by atoms with van der Waals surface area (Å²) in [6, 6.07) is 16.6. The zero-order chi connectivity index (χ0) is 16.7. The number of carbonyl (C=O) groups excluding carboxylic acids is 2. The van der Waals surface area contributed by atoms with Crippen LogP contribution in [0.1, 0.15) is 18.1 Å². The minimum atomic E-state index is -0.135. The highest BCUT2D eigenvalue weighted by Crippen LogP contribution is 2.33. The van der Waals surface area contributed by atoms with Gasteiger partial charge in [-0.15, -0.1) is 0 Å². The fraction of sp³-hybridized carbons (Fsp3) is 0.0909. The molecule has 0 unspecified atom stereocenters. The minimum absolute atomic E-state index is 0.107. The molecule has 0 radical (unpaired) electrons. The predicted molar refractivity (Wildman–Crippen MR) is 98.0 cm³/mol. The molecule has 0 saturated carbocycles. The number of benzene rings is 3. The van der Waals surface area contributed by atoms with Gasteiger partial charge < -0.3 is 0 Å². The van der Waals surface area contributed by atoms with Crippen LogP contribution in [0, 0.1) is 0 Å².